The lowest BCUT2D eigenvalue weighted by molar-refractivity contribution is -0.121. The van der Waals surface area contributed by atoms with Gasteiger partial charge < -0.3 is 5.32 Å². The highest BCUT2D eigenvalue weighted by Gasteiger charge is 2.14. The van der Waals surface area contributed by atoms with Gasteiger partial charge in [-0.05, 0) is 43.0 Å². The SMILES string of the molecule is CCN(CC)Cc1ccccc1CNC(=O)CC1C=CCC1. The smallest absolute Gasteiger partial charge is 0.220 e. The minimum absolute atomic E-state index is 0.161. The Morgan fingerprint density at radius 1 is 1.23 bits per heavy atom. The first-order chi connectivity index (χ1) is 10.7. The number of carbonyl (C=O) groups excluding carboxylic acids is 1. The van der Waals surface area contributed by atoms with Crippen molar-refractivity contribution in [3.05, 3.63) is 47.5 Å². The van der Waals surface area contributed by atoms with E-state index in [1.165, 1.54) is 11.1 Å². The van der Waals surface area contributed by atoms with Crippen LogP contribution in [-0.4, -0.2) is 23.9 Å². The van der Waals surface area contributed by atoms with E-state index in [2.05, 4.69) is 54.4 Å². The Balaban J connectivity index is 1.88. The first kappa shape index (κ1) is 16.8. The number of hydrogen-bond acceptors (Lipinski definition) is 2. The van der Waals surface area contributed by atoms with Gasteiger partial charge in [0.25, 0.3) is 0 Å². The minimum Gasteiger partial charge on any atom is -0.352 e. The molecule has 2 rings (SSSR count). The van der Waals surface area contributed by atoms with E-state index in [1.54, 1.807) is 0 Å². The first-order valence-corrected chi connectivity index (χ1v) is 8.45. The van der Waals surface area contributed by atoms with Crippen LogP contribution in [0.3, 0.4) is 0 Å². The molecular formula is C19H28N2O. The molecule has 0 spiro atoms. The van der Waals surface area contributed by atoms with Crippen LogP contribution in [0.5, 0.6) is 0 Å². The monoisotopic (exact) mass is 300 g/mol. The van der Waals surface area contributed by atoms with Gasteiger partial charge in [0.05, 0.1) is 0 Å². The molecule has 0 saturated carbocycles. The standard InChI is InChI=1S/C19H28N2O/c1-3-21(4-2)15-18-12-8-7-11-17(18)14-20-19(22)13-16-9-5-6-10-16/h5,7-9,11-12,16H,3-4,6,10,13-15H2,1-2H3,(H,20,22). The molecule has 22 heavy (non-hydrogen) atoms. The summed E-state index contributed by atoms with van der Waals surface area (Å²) in [6.45, 7) is 8.04. The molecule has 0 fully saturated rings. The van der Waals surface area contributed by atoms with Crippen molar-refractivity contribution in [3.63, 3.8) is 0 Å². The summed E-state index contributed by atoms with van der Waals surface area (Å²) in [5.74, 6) is 0.597. The van der Waals surface area contributed by atoms with Gasteiger partial charge in [-0.1, -0.05) is 50.3 Å². The van der Waals surface area contributed by atoms with Gasteiger partial charge in [0.2, 0.25) is 5.91 Å². The van der Waals surface area contributed by atoms with Crippen LogP contribution in [0, 0.1) is 5.92 Å². The summed E-state index contributed by atoms with van der Waals surface area (Å²) in [4.78, 5) is 14.5. The molecule has 1 aliphatic carbocycles. The van der Waals surface area contributed by atoms with E-state index in [1.807, 2.05) is 6.07 Å². The van der Waals surface area contributed by atoms with E-state index in [9.17, 15) is 4.79 Å². The van der Waals surface area contributed by atoms with Crippen molar-refractivity contribution < 1.29 is 4.79 Å². The molecule has 1 aromatic carbocycles. The van der Waals surface area contributed by atoms with Crippen LogP contribution in [0.1, 0.15) is 44.2 Å². The Kier molecular flexibility index (Phi) is 6.66. The predicted molar refractivity (Wildman–Crippen MR) is 91.4 cm³/mol. The number of allylic oxidation sites excluding steroid dienone is 2. The van der Waals surface area contributed by atoms with Crippen molar-refractivity contribution in [1.29, 1.82) is 0 Å². The van der Waals surface area contributed by atoms with Gasteiger partial charge >= 0.3 is 0 Å². The van der Waals surface area contributed by atoms with Crippen LogP contribution in [0.4, 0.5) is 0 Å². The second-order valence-electron chi connectivity index (χ2n) is 5.98. The van der Waals surface area contributed by atoms with Crippen molar-refractivity contribution in [2.75, 3.05) is 13.1 Å². The predicted octanol–water partition coefficient (Wildman–Crippen LogP) is 3.50. The molecule has 1 N–H and O–H groups in total. The third-order valence-corrected chi connectivity index (χ3v) is 4.44. The van der Waals surface area contributed by atoms with Crippen LogP contribution in [-0.2, 0) is 17.9 Å². The zero-order valence-corrected chi connectivity index (χ0v) is 13.8. The normalized spacial score (nSPS) is 17.1. The maximum Gasteiger partial charge on any atom is 0.220 e. The van der Waals surface area contributed by atoms with Gasteiger partial charge in [-0.2, -0.15) is 0 Å². The van der Waals surface area contributed by atoms with E-state index in [4.69, 9.17) is 0 Å². The Hall–Kier alpha value is -1.61. The van der Waals surface area contributed by atoms with Crippen LogP contribution >= 0.6 is 0 Å². The molecule has 1 unspecified atom stereocenters. The molecule has 3 heteroatoms. The average molecular weight is 300 g/mol. The molecule has 1 amide bonds. The van der Waals surface area contributed by atoms with Crippen molar-refractivity contribution in [2.45, 2.75) is 46.2 Å². The Morgan fingerprint density at radius 2 is 1.95 bits per heavy atom. The lowest BCUT2D eigenvalue weighted by Gasteiger charge is -2.20. The number of amides is 1. The zero-order valence-electron chi connectivity index (χ0n) is 13.8. The van der Waals surface area contributed by atoms with Crippen molar-refractivity contribution >= 4 is 5.91 Å². The number of nitrogens with one attached hydrogen (secondary N) is 1. The van der Waals surface area contributed by atoms with Crippen molar-refractivity contribution in [1.82, 2.24) is 10.2 Å². The lowest BCUT2D eigenvalue weighted by atomic mass is 10.0. The zero-order chi connectivity index (χ0) is 15.8. The first-order valence-electron chi connectivity index (χ1n) is 8.45. The molecule has 0 saturated heterocycles. The molecule has 1 aliphatic rings. The Labute approximate surface area is 134 Å². The largest absolute Gasteiger partial charge is 0.352 e. The molecule has 0 heterocycles. The van der Waals surface area contributed by atoms with Crippen molar-refractivity contribution in [2.24, 2.45) is 5.92 Å². The molecule has 120 valence electrons. The number of rotatable bonds is 8. The summed E-state index contributed by atoms with van der Waals surface area (Å²) >= 11 is 0. The fourth-order valence-corrected chi connectivity index (χ4v) is 2.94. The Morgan fingerprint density at radius 3 is 2.59 bits per heavy atom. The van der Waals surface area contributed by atoms with E-state index in [0.717, 1.165) is 32.5 Å². The van der Waals surface area contributed by atoms with Gasteiger partial charge in [-0.25, -0.2) is 0 Å². The van der Waals surface area contributed by atoms with E-state index >= 15 is 0 Å². The maximum atomic E-state index is 12.1. The van der Waals surface area contributed by atoms with Crippen molar-refractivity contribution in [3.8, 4) is 0 Å². The highest BCUT2D eigenvalue weighted by atomic mass is 16.1. The topological polar surface area (TPSA) is 32.3 Å². The fraction of sp³-hybridized carbons (Fsp3) is 0.526. The summed E-state index contributed by atoms with van der Waals surface area (Å²) in [5.41, 5.74) is 2.54. The summed E-state index contributed by atoms with van der Waals surface area (Å²) < 4.78 is 0. The van der Waals surface area contributed by atoms with E-state index in [0.29, 0.717) is 18.9 Å². The summed E-state index contributed by atoms with van der Waals surface area (Å²) in [5, 5.41) is 3.08. The second kappa shape index (κ2) is 8.74. The van der Waals surface area contributed by atoms with Gasteiger partial charge in [0.15, 0.2) is 0 Å². The molecule has 0 aromatic heterocycles. The molecule has 3 nitrogen and oxygen atoms in total. The lowest BCUT2D eigenvalue weighted by Crippen LogP contribution is -2.26. The molecule has 0 bridgehead atoms. The van der Waals surface area contributed by atoms with E-state index < -0.39 is 0 Å². The van der Waals surface area contributed by atoms with Crippen LogP contribution in [0.25, 0.3) is 0 Å². The molecular weight excluding hydrogens is 272 g/mol. The van der Waals surface area contributed by atoms with Gasteiger partial charge in [0, 0.05) is 19.5 Å². The van der Waals surface area contributed by atoms with E-state index in [-0.39, 0.29) is 5.91 Å². The molecule has 0 aliphatic heterocycles. The molecule has 1 aromatic rings. The third kappa shape index (κ3) is 4.99. The fourth-order valence-electron chi connectivity index (χ4n) is 2.94. The molecule has 1 atom stereocenters. The van der Waals surface area contributed by atoms with Crippen LogP contribution in [0.15, 0.2) is 36.4 Å². The summed E-state index contributed by atoms with van der Waals surface area (Å²) in [6.07, 6.45) is 7.20. The average Bonchev–Trinajstić information content (AvgIpc) is 3.04. The highest BCUT2D eigenvalue weighted by molar-refractivity contribution is 5.76. The van der Waals surface area contributed by atoms with Gasteiger partial charge in [0.1, 0.15) is 0 Å². The highest BCUT2D eigenvalue weighted by Crippen LogP contribution is 2.20. The number of carbonyl (C=O) groups is 1. The molecule has 0 radical (unpaired) electrons. The summed E-state index contributed by atoms with van der Waals surface area (Å²) in [6, 6.07) is 8.41. The number of nitrogens with zero attached hydrogens (tertiary/aromatic N) is 1. The number of hydrogen-bond donors (Lipinski definition) is 1. The Bertz CT molecular complexity index is 506. The number of benzene rings is 1. The van der Waals surface area contributed by atoms with Crippen LogP contribution < -0.4 is 5.32 Å². The second-order valence-corrected chi connectivity index (χ2v) is 5.98. The quantitative estimate of drug-likeness (QED) is 0.745. The summed E-state index contributed by atoms with van der Waals surface area (Å²) in [7, 11) is 0. The maximum absolute atomic E-state index is 12.1. The third-order valence-electron chi connectivity index (χ3n) is 4.44. The van der Waals surface area contributed by atoms with Crippen LogP contribution in [0.2, 0.25) is 0 Å². The van der Waals surface area contributed by atoms with Gasteiger partial charge in [-0.15, -0.1) is 0 Å². The minimum atomic E-state index is 0.161. The van der Waals surface area contributed by atoms with Gasteiger partial charge in [-0.3, -0.25) is 9.69 Å².